The van der Waals surface area contributed by atoms with Crippen LogP contribution in [0.5, 0.6) is 0 Å². The Labute approximate surface area is 105 Å². The summed E-state index contributed by atoms with van der Waals surface area (Å²) in [5.41, 5.74) is 8.16. The van der Waals surface area contributed by atoms with Crippen LogP contribution in [0, 0.1) is 19.7 Å². The van der Waals surface area contributed by atoms with Gasteiger partial charge in [-0.1, -0.05) is 6.07 Å². The molecule has 0 fully saturated rings. The fraction of sp³-hybridized carbons (Fsp3) is 0.133. The summed E-state index contributed by atoms with van der Waals surface area (Å²) in [6.07, 6.45) is 0. The van der Waals surface area contributed by atoms with Crippen LogP contribution < -0.4 is 5.73 Å². The lowest BCUT2D eigenvalue weighted by molar-refractivity contribution is 0.103. The normalized spacial score (nSPS) is 10.4. The second-order valence-electron chi connectivity index (χ2n) is 4.39. The van der Waals surface area contributed by atoms with Gasteiger partial charge in [0.25, 0.3) is 0 Å². The molecule has 0 aliphatic carbocycles. The highest BCUT2D eigenvalue weighted by Crippen LogP contribution is 2.20. The van der Waals surface area contributed by atoms with Crippen LogP contribution in [0.25, 0.3) is 0 Å². The van der Waals surface area contributed by atoms with Gasteiger partial charge in [0, 0.05) is 11.3 Å². The molecule has 0 atom stereocenters. The minimum Gasteiger partial charge on any atom is -0.399 e. The largest absolute Gasteiger partial charge is 0.399 e. The zero-order valence-electron chi connectivity index (χ0n) is 10.3. The van der Waals surface area contributed by atoms with Gasteiger partial charge in [0.1, 0.15) is 5.82 Å². The molecule has 0 aromatic heterocycles. The van der Waals surface area contributed by atoms with Crippen LogP contribution in [0.15, 0.2) is 36.4 Å². The van der Waals surface area contributed by atoms with Crippen molar-refractivity contribution in [3.63, 3.8) is 0 Å². The smallest absolute Gasteiger partial charge is 0.196 e. The van der Waals surface area contributed by atoms with Gasteiger partial charge in [-0.05, 0) is 55.3 Å². The number of nitrogens with two attached hydrogens (primary N) is 1. The molecule has 0 heterocycles. The van der Waals surface area contributed by atoms with Crippen molar-refractivity contribution < 1.29 is 9.18 Å². The quantitative estimate of drug-likeness (QED) is 0.650. The SMILES string of the molecule is Cc1cc(C)c(C(=O)c2ccc(N)cc2)c(F)c1. The van der Waals surface area contributed by atoms with E-state index in [1.54, 1.807) is 44.2 Å². The Bertz CT molecular complexity index is 579. The summed E-state index contributed by atoms with van der Waals surface area (Å²) in [7, 11) is 0. The van der Waals surface area contributed by atoms with Crippen molar-refractivity contribution in [1.82, 2.24) is 0 Å². The molecule has 0 bridgehead atoms. The molecule has 3 heteroatoms. The van der Waals surface area contributed by atoms with Gasteiger partial charge in [-0.3, -0.25) is 4.79 Å². The number of halogens is 1. The minimum absolute atomic E-state index is 0.130. The van der Waals surface area contributed by atoms with E-state index >= 15 is 0 Å². The Morgan fingerprint density at radius 1 is 1.11 bits per heavy atom. The maximum absolute atomic E-state index is 13.9. The van der Waals surface area contributed by atoms with Crippen LogP contribution in [-0.2, 0) is 0 Å². The number of hydrogen-bond donors (Lipinski definition) is 1. The van der Waals surface area contributed by atoms with Gasteiger partial charge in [0.05, 0.1) is 5.56 Å². The van der Waals surface area contributed by atoms with Crippen LogP contribution in [-0.4, -0.2) is 5.78 Å². The molecule has 0 saturated heterocycles. The first-order valence-corrected chi connectivity index (χ1v) is 5.66. The Balaban J connectivity index is 2.49. The molecule has 92 valence electrons. The molecule has 0 amide bonds. The number of rotatable bonds is 2. The van der Waals surface area contributed by atoms with Crippen molar-refractivity contribution in [2.24, 2.45) is 0 Å². The van der Waals surface area contributed by atoms with E-state index in [4.69, 9.17) is 5.73 Å². The molecule has 0 aliphatic heterocycles. The van der Waals surface area contributed by atoms with E-state index in [-0.39, 0.29) is 11.3 Å². The van der Waals surface area contributed by atoms with Crippen LogP contribution in [0.2, 0.25) is 0 Å². The molecule has 0 radical (unpaired) electrons. The molecule has 2 nitrogen and oxygen atoms in total. The molecular weight excluding hydrogens is 229 g/mol. The fourth-order valence-corrected chi connectivity index (χ4v) is 1.98. The first-order valence-electron chi connectivity index (χ1n) is 5.66. The third-order valence-electron chi connectivity index (χ3n) is 2.83. The first kappa shape index (κ1) is 12.3. The molecule has 0 unspecified atom stereocenters. The van der Waals surface area contributed by atoms with E-state index in [1.165, 1.54) is 6.07 Å². The van der Waals surface area contributed by atoms with E-state index in [0.29, 0.717) is 16.8 Å². The molecule has 18 heavy (non-hydrogen) atoms. The summed E-state index contributed by atoms with van der Waals surface area (Å²) < 4.78 is 13.9. The maximum atomic E-state index is 13.9. The lowest BCUT2D eigenvalue weighted by Gasteiger charge is -2.08. The molecular formula is C15H14FNO. The van der Waals surface area contributed by atoms with Crippen LogP contribution >= 0.6 is 0 Å². The minimum atomic E-state index is -0.477. The van der Waals surface area contributed by atoms with Crippen LogP contribution in [0.4, 0.5) is 10.1 Å². The second kappa shape index (κ2) is 4.61. The Hall–Kier alpha value is -2.16. The molecule has 0 aliphatic rings. The highest BCUT2D eigenvalue weighted by atomic mass is 19.1. The average Bonchev–Trinajstić information content (AvgIpc) is 2.28. The van der Waals surface area contributed by atoms with Gasteiger partial charge < -0.3 is 5.73 Å². The Morgan fingerprint density at radius 2 is 1.72 bits per heavy atom. The lowest BCUT2D eigenvalue weighted by Crippen LogP contribution is -2.07. The van der Waals surface area contributed by atoms with Gasteiger partial charge in [0.2, 0.25) is 0 Å². The predicted molar refractivity (Wildman–Crippen MR) is 70.2 cm³/mol. The average molecular weight is 243 g/mol. The lowest BCUT2D eigenvalue weighted by atomic mass is 9.97. The Morgan fingerprint density at radius 3 is 2.28 bits per heavy atom. The summed E-state index contributed by atoms with van der Waals surface area (Å²) in [6.45, 7) is 3.54. The topological polar surface area (TPSA) is 43.1 Å². The van der Waals surface area contributed by atoms with Gasteiger partial charge >= 0.3 is 0 Å². The molecule has 2 aromatic carbocycles. The predicted octanol–water partition coefficient (Wildman–Crippen LogP) is 3.26. The zero-order valence-corrected chi connectivity index (χ0v) is 10.3. The first-order chi connectivity index (χ1) is 8.49. The third-order valence-corrected chi connectivity index (χ3v) is 2.83. The van der Waals surface area contributed by atoms with Crippen molar-refractivity contribution in [1.29, 1.82) is 0 Å². The van der Waals surface area contributed by atoms with Crippen molar-refractivity contribution in [3.8, 4) is 0 Å². The van der Waals surface area contributed by atoms with Crippen LogP contribution in [0.1, 0.15) is 27.0 Å². The van der Waals surface area contributed by atoms with Crippen LogP contribution in [0.3, 0.4) is 0 Å². The van der Waals surface area contributed by atoms with Crippen molar-refractivity contribution in [3.05, 3.63) is 64.5 Å². The summed E-state index contributed by atoms with van der Waals surface area (Å²) in [4.78, 5) is 12.2. The molecule has 0 saturated carbocycles. The fourth-order valence-electron chi connectivity index (χ4n) is 1.98. The third kappa shape index (κ3) is 2.25. The molecule has 2 N–H and O–H groups in total. The highest BCUT2D eigenvalue weighted by Gasteiger charge is 2.16. The monoisotopic (exact) mass is 243 g/mol. The van der Waals surface area contributed by atoms with E-state index in [9.17, 15) is 9.18 Å². The number of nitrogen functional groups attached to an aromatic ring is 1. The highest BCUT2D eigenvalue weighted by molar-refractivity contribution is 6.10. The van der Waals surface area contributed by atoms with Crippen molar-refractivity contribution in [2.75, 3.05) is 5.73 Å². The van der Waals surface area contributed by atoms with E-state index in [0.717, 1.165) is 5.56 Å². The number of hydrogen-bond acceptors (Lipinski definition) is 2. The zero-order chi connectivity index (χ0) is 13.3. The molecule has 0 spiro atoms. The number of ketones is 1. The summed E-state index contributed by atoms with van der Waals surface area (Å²) in [6, 6.07) is 9.65. The van der Waals surface area contributed by atoms with Crippen molar-refractivity contribution in [2.45, 2.75) is 13.8 Å². The van der Waals surface area contributed by atoms with E-state index in [1.807, 2.05) is 0 Å². The van der Waals surface area contributed by atoms with Gasteiger partial charge in [0.15, 0.2) is 5.78 Å². The number of carbonyl (C=O) groups excluding carboxylic acids is 1. The van der Waals surface area contributed by atoms with E-state index < -0.39 is 5.82 Å². The number of carbonyl (C=O) groups is 1. The summed E-state index contributed by atoms with van der Waals surface area (Å²) in [5.74, 6) is -0.792. The summed E-state index contributed by atoms with van der Waals surface area (Å²) >= 11 is 0. The molecule has 2 aromatic rings. The standard InChI is InChI=1S/C15H14FNO/c1-9-7-10(2)14(13(16)8-9)15(18)11-3-5-12(17)6-4-11/h3-8H,17H2,1-2H3. The molecule has 2 rings (SSSR count). The van der Waals surface area contributed by atoms with Gasteiger partial charge in [-0.2, -0.15) is 0 Å². The van der Waals surface area contributed by atoms with Crippen molar-refractivity contribution >= 4 is 11.5 Å². The van der Waals surface area contributed by atoms with Gasteiger partial charge in [-0.15, -0.1) is 0 Å². The van der Waals surface area contributed by atoms with Gasteiger partial charge in [-0.25, -0.2) is 4.39 Å². The summed E-state index contributed by atoms with van der Waals surface area (Å²) in [5, 5.41) is 0. The number of aryl methyl sites for hydroxylation is 2. The number of benzene rings is 2. The Kier molecular flexibility index (Phi) is 3.15. The second-order valence-corrected chi connectivity index (χ2v) is 4.39. The van der Waals surface area contributed by atoms with E-state index in [2.05, 4.69) is 0 Å². The number of anilines is 1. The maximum Gasteiger partial charge on any atom is 0.196 e.